The average molecular weight is 214 g/mol. The van der Waals surface area contributed by atoms with Crippen LogP contribution in [0.1, 0.15) is 15.9 Å². The molecular formula is C11H12F2O2. The third-order valence-corrected chi connectivity index (χ3v) is 1.91. The van der Waals surface area contributed by atoms with Crippen LogP contribution in [0, 0.1) is 6.92 Å². The van der Waals surface area contributed by atoms with E-state index in [-0.39, 0.29) is 0 Å². The van der Waals surface area contributed by atoms with Crippen LogP contribution in [0.25, 0.3) is 0 Å². The summed E-state index contributed by atoms with van der Waals surface area (Å²) in [4.78, 5) is 11.3. The van der Waals surface area contributed by atoms with Crippen LogP contribution in [-0.2, 0) is 4.74 Å². The van der Waals surface area contributed by atoms with Crippen molar-refractivity contribution in [3.05, 3.63) is 35.4 Å². The monoisotopic (exact) mass is 214 g/mol. The van der Waals surface area contributed by atoms with Crippen LogP contribution in [0.5, 0.6) is 0 Å². The van der Waals surface area contributed by atoms with Crippen LogP contribution in [0.3, 0.4) is 0 Å². The van der Waals surface area contributed by atoms with Crippen LogP contribution < -0.4 is 0 Å². The van der Waals surface area contributed by atoms with Crippen LogP contribution in [0.4, 0.5) is 8.78 Å². The SMILES string of the molecule is Cc1ccc(C(=O)OC(CF)CF)cc1. The van der Waals surface area contributed by atoms with Crippen molar-refractivity contribution in [3.63, 3.8) is 0 Å². The first kappa shape index (κ1) is 11.6. The smallest absolute Gasteiger partial charge is 0.338 e. The van der Waals surface area contributed by atoms with Gasteiger partial charge in [0, 0.05) is 0 Å². The second-order valence-corrected chi connectivity index (χ2v) is 3.20. The Balaban J connectivity index is 2.64. The van der Waals surface area contributed by atoms with E-state index in [0.717, 1.165) is 5.56 Å². The predicted molar refractivity (Wildman–Crippen MR) is 52.3 cm³/mol. The lowest BCUT2D eigenvalue weighted by Gasteiger charge is -2.10. The molecule has 1 aromatic carbocycles. The number of hydrogen-bond acceptors (Lipinski definition) is 2. The molecule has 0 spiro atoms. The molecule has 0 N–H and O–H groups in total. The first-order valence-corrected chi connectivity index (χ1v) is 4.57. The number of carbonyl (C=O) groups is 1. The molecule has 0 saturated heterocycles. The normalized spacial score (nSPS) is 10.4. The minimum atomic E-state index is -1.29. The van der Waals surface area contributed by atoms with E-state index in [1.54, 1.807) is 24.3 Å². The number of carbonyl (C=O) groups excluding carboxylic acids is 1. The highest BCUT2D eigenvalue weighted by Gasteiger charge is 2.15. The van der Waals surface area contributed by atoms with Gasteiger partial charge in [0.25, 0.3) is 0 Å². The molecule has 0 heterocycles. The summed E-state index contributed by atoms with van der Waals surface area (Å²) in [6.07, 6.45) is -1.29. The van der Waals surface area contributed by atoms with Gasteiger partial charge in [-0.1, -0.05) is 17.7 Å². The molecule has 0 aliphatic rings. The number of ether oxygens (including phenoxy) is 1. The molecule has 15 heavy (non-hydrogen) atoms. The van der Waals surface area contributed by atoms with Crippen molar-refractivity contribution < 1.29 is 18.3 Å². The molecule has 0 atom stereocenters. The summed E-state index contributed by atoms with van der Waals surface area (Å²) in [7, 11) is 0. The van der Waals surface area contributed by atoms with E-state index in [0.29, 0.717) is 5.56 Å². The van der Waals surface area contributed by atoms with Gasteiger partial charge in [0.15, 0.2) is 6.10 Å². The van der Waals surface area contributed by atoms with Gasteiger partial charge in [0.1, 0.15) is 13.3 Å². The van der Waals surface area contributed by atoms with E-state index in [9.17, 15) is 13.6 Å². The van der Waals surface area contributed by atoms with Crippen molar-refractivity contribution in [3.8, 4) is 0 Å². The van der Waals surface area contributed by atoms with Crippen molar-refractivity contribution in [1.29, 1.82) is 0 Å². The topological polar surface area (TPSA) is 26.3 Å². The average Bonchev–Trinajstić information content (AvgIpc) is 2.26. The number of esters is 1. The third kappa shape index (κ3) is 3.31. The van der Waals surface area contributed by atoms with E-state index in [2.05, 4.69) is 4.74 Å². The molecule has 0 saturated carbocycles. The highest BCUT2D eigenvalue weighted by atomic mass is 19.1. The van der Waals surface area contributed by atoms with Gasteiger partial charge in [0.2, 0.25) is 0 Å². The zero-order valence-corrected chi connectivity index (χ0v) is 8.37. The van der Waals surface area contributed by atoms with Gasteiger partial charge in [-0.2, -0.15) is 0 Å². The van der Waals surface area contributed by atoms with Crippen LogP contribution in [0.2, 0.25) is 0 Å². The molecule has 1 aromatic rings. The van der Waals surface area contributed by atoms with Gasteiger partial charge in [0.05, 0.1) is 5.56 Å². The van der Waals surface area contributed by atoms with Gasteiger partial charge in [-0.3, -0.25) is 0 Å². The molecule has 0 amide bonds. The van der Waals surface area contributed by atoms with Crippen LogP contribution >= 0.6 is 0 Å². The minimum absolute atomic E-state index is 0.299. The Bertz CT molecular complexity index is 318. The number of alkyl halides is 2. The third-order valence-electron chi connectivity index (χ3n) is 1.91. The summed E-state index contributed by atoms with van der Waals surface area (Å²) in [5.74, 6) is -0.699. The molecule has 2 nitrogen and oxygen atoms in total. The van der Waals surface area contributed by atoms with Crippen molar-refractivity contribution in [1.82, 2.24) is 0 Å². The number of hydrogen-bond donors (Lipinski definition) is 0. The van der Waals surface area contributed by atoms with E-state index < -0.39 is 25.4 Å². The van der Waals surface area contributed by atoms with Crippen molar-refractivity contribution in [2.75, 3.05) is 13.3 Å². The largest absolute Gasteiger partial charge is 0.453 e. The van der Waals surface area contributed by atoms with Crippen LogP contribution in [0.15, 0.2) is 24.3 Å². The molecule has 0 unspecified atom stereocenters. The fourth-order valence-electron chi connectivity index (χ4n) is 1.01. The summed E-state index contributed by atoms with van der Waals surface area (Å²) in [5.41, 5.74) is 1.30. The van der Waals surface area contributed by atoms with E-state index in [4.69, 9.17) is 0 Å². The van der Waals surface area contributed by atoms with Crippen molar-refractivity contribution >= 4 is 5.97 Å². The lowest BCUT2D eigenvalue weighted by Crippen LogP contribution is -2.22. The van der Waals surface area contributed by atoms with Crippen molar-refractivity contribution in [2.45, 2.75) is 13.0 Å². The maximum atomic E-state index is 12.1. The summed E-state index contributed by atoms with van der Waals surface area (Å²) in [6, 6.07) is 6.59. The summed E-state index contributed by atoms with van der Waals surface area (Å²) >= 11 is 0. The van der Waals surface area contributed by atoms with E-state index in [1.165, 1.54) is 0 Å². The Kier molecular flexibility index (Phi) is 4.21. The van der Waals surface area contributed by atoms with Gasteiger partial charge < -0.3 is 4.74 Å². The second-order valence-electron chi connectivity index (χ2n) is 3.20. The highest BCUT2D eigenvalue weighted by molar-refractivity contribution is 5.89. The Morgan fingerprint density at radius 3 is 2.27 bits per heavy atom. The molecule has 4 heteroatoms. The molecule has 82 valence electrons. The van der Waals surface area contributed by atoms with Crippen LogP contribution in [-0.4, -0.2) is 25.4 Å². The number of benzene rings is 1. The minimum Gasteiger partial charge on any atom is -0.453 e. The van der Waals surface area contributed by atoms with Crippen molar-refractivity contribution in [2.24, 2.45) is 0 Å². The Morgan fingerprint density at radius 2 is 1.80 bits per heavy atom. The maximum absolute atomic E-state index is 12.1. The molecule has 0 aliphatic carbocycles. The number of rotatable bonds is 4. The maximum Gasteiger partial charge on any atom is 0.338 e. The van der Waals surface area contributed by atoms with Gasteiger partial charge in [-0.15, -0.1) is 0 Å². The lowest BCUT2D eigenvalue weighted by atomic mass is 10.1. The lowest BCUT2D eigenvalue weighted by molar-refractivity contribution is 0.0172. The summed E-state index contributed by atoms with van der Waals surface area (Å²) < 4.78 is 28.7. The molecule has 0 aromatic heterocycles. The van der Waals surface area contributed by atoms with Gasteiger partial charge in [-0.05, 0) is 19.1 Å². The molecule has 0 aliphatic heterocycles. The first-order valence-electron chi connectivity index (χ1n) is 4.57. The van der Waals surface area contributed by atoms with E-state index in [1.807, 2.05) is 6.92 Å². The molecule has 0 fully saturated rings. The fourth-order valence-corrected chi connectivity index (χ4v) is 1.01. The van der Waals surface area contributed by atoms with E-state index >= 15 is 0 Å². The molecular weight excluding hydrogens is 202 g/mol. The fraction of sp³-hybridized carbons (Fsp3) is 0.364. The summed E-state index contributed by atoms with van der Waals surface area (Å²) in [6.45, 7) is -0.136. The Labute approximate surface area is 86.9 Å². The highest BCUT2D eigenvalue weighted by Crippen LogP contribution is 2.07. The summed E-state index contributed by atoms with van der Waals surface area (Å²) in [5, 5.41) is 0. The number of halogens is 2. The molecule has 0 bridgehead atoms. The van der Waals surface area contributed by atoms with Gasteiger partial charge >= 0.3 is 5.97 Å². The quantitative estimate of drug-likeness (QED) is 0.719. The zero-order valence-electron chi connectivity index (χ0n) is 8.37. The Hall–Kier alpha value is -1.45. The molecule has 1 rings (SSSR count). The first-order chi connectivity index (χ1) is 7.17. The standard InChI is InChI=1S/C11H12F2O2/c1-8-2-4-9(5-3-8)11(14)15-10(6-12)7-13/h2-5,10H,6-7H2,1H3. The Morgan fingerprint density at radius 1 is 1.27 bits per heavy atom. The molecule has 0 radical (unpaired) electrons. The zero-order chi connectivity index (χ0) is 11.3. The predicted octanol–water partition coefficient (Wildman–Crippen LogP) is 2.46. The second kappa shape index (κ2) is 5.44. The number of aryl methyl sites for hydroxylation is 1. The van der Waals surface area contributed by atoms with Gasteiger partial charge in [-0.25, -0.2) is 13.6 Å².